The van der Waals surface area contributed by atoms with Crippen molar-refractivity contribution < 1.29 is 9.59 Å². The first-order chi connectivity index (χ1) is 14.0. The Morgan fingerprint density at radius 2 is 1.59 bits per heavy atom. The molecule has 0 N–H and O–H groups in total. The van der Waals surface area contributed by atoms with Crippen LogP contribution >= 0.6 is 0 Å². The zero-order chi connectivity index (χ0) is 20.3. The molecule has 4 fully saturated rings. The lowest BCUT2D eigenvalue weighted by Gasteiger charge is -2.41. The standard InChI is InChI=1S/C24H41N3O2/c1-20(28)26-15-9-22(10-16-26)23(29)27-17-12-24(19-27)11-5-13-25(18-24)14-8-21-6-3-2-4-7-21/h21-22H,2-19H2,1H3. The summed E-state index contributed by atoms with van der Waals surface area (Å²) in [5.74, 6) is 1.60. The molecule has 0 radical (unpaired) electrons. The molecule has 2 amide bonds. The van der Waals surface area contributed by atoms with Gasteiger partial charge in [0.15, 0.2) is 0 Å². The van der Waals surface area contributed by atoms with Crippen molar-refractivity contribution in [2.75, 3.05) is 45.8 Å². The molecule has 4 rings (SSSR count). The molecular formula is C24H41N3O2. The van der Waals surface area contributed by atoms with E-state index < -0.39 is 0 Å². The summed E-state index contributed by atoms with van der Waals surface area (Å²) in [6.07, 6.45) is 14.1. The average Bonchev–Trinajstić information content (AvgIpc) is 3.15. The summed E-state index contributed by atoms with van der Waals surface area (Å²) in [7, 11) is 0. The van der Waals surface area contributed by atoms with E-state index in [1.54, 1.807) is 6.92 Å². The monoisotopic (exact) mass is 403 g/mol. The van der Waals surface area contributed by atoms with E-state index in [4.69, 9.17) is 0 Å². The highest BCUT2D eigenvalue weighted by Crippen LogP contribution is 2.40. The summed E-state index contributed by atoms with van der Waals surface area (Å²) in [5, 5.41) is 0. The van der Waals surface area contributed by atoms with Crippen LogP contribution in [0.5, 0.6) is 0 Å². The molecule has 0 bridgehead atoms. The fourth-order valence-electron chi connectivity index (χ4n) is 6.50. The van der Waals surface area contributed by atoms with Crippen molar-refractivity contribution in [3.05, 3.63) is 0 Å². The van der Waals surface area contributed by atoms with Gasteiger partial charge in [0.25, 0.3) is 0 Å². The van der Waals surface area contributed by atoms with E-state index in [0.717, 1.165) is 44.9 Å². The summed E-state index contributed by atoms with van der Waals surface area (Å²) in [6, 6.07) is 0. The topological polar surface area (TPSA) is 43.9 Å². The molecule has 1 unspecified atom stereocenters. The first-order valence-electron chi connectivity index (χ1n) is 12.3. The van der Waals surface area contributed by atoms with Crippen LogP contribution in [-0.2, 0) is 9.59 Å². The van der Waals surface area contributed by atoms with Gasteiger partial charge in [0.1, 0.15) is 0 Å². The van der Waals surface area contributed by atoms with E-state index in [0.29, 0.717) is 11.3 Å². The van der Waals surface area contributed by atoms with Crippen molar-refractivity contribution in [3.8, 4) is 0 Å². The summed E-state index contributed by atoms with van der Waals surface area (Å²) >= 11 is 0. The van der Waals surface area contributed by atoms with Crippen LogP contribution in [0, 0.1) is 17.3 Å². The predicted octanol–water partition coefficient (Wildman–Crippen LogP) is 3.53. The number of carbonyl (C=O) groups is 2. The molecule has 1 aliphatic carbocycles. The second-order valence-corrected chi connectivity index (χ2v) is 10.5. The maximum atomic E-state index is 13.1. The number of piperidine rings is 2. The highest BCUT2D eigenvalue weighted by atomic mass is 16.2. The lowest BCUT2D eigenvalue weighted by atomic mass is 9.79. The second-order valence-electron chi connectivity index (χ2n) is 10.5. The van der Waals surface area contributed by atoms with Gasteiger partial charge in [-0.15, -0.1) is 0 Å². The number of rotatable bonds is 4. The number of hydrogen-bond acceptors (Lipinski definition) is 3. The summed E-state index contributed by atoms with van der Waals surface area (Å²) in [4.78, 5) is 31.5. The number of amides is 2. The minimum Gasteiger partial charge on any atom is -0.343 e. The van der Waals surface area contributed by atoms with E-state index in [-0.39, 0.29) is 11.8 Å². The molecule has 1 atom stereocenters. The predicted molar refractivity (Wildman–Crippen MR) is 115 cm³/mol. The lowest BCUT2D eigenvalue weighted by molar-refractivity contribution is -0.139. The van der Waals surface area contributed by atoms with E-state index in [1.165, 1.54) is 77.4 Å². The summed E-state index contributed by atoms with van der Waals surface area (Å²) in [6.45, 7) is 8.78. The second kappa shape index (κ2) is 9.36. The zero-order valence-electron chi connectivity index (χ0n) is 18.5. The third kappa shape index (κ3) is 5.15. The number of likely N-dealkylation sites (tertiary alicyclic amines) is 3. The van der Waals surface area contributed by atoms with E-state index in [1.807, 2.05) is 4.90 Å². The van der Waals surface area contributed by atoms with Gasteiger partial charge in [-0.05, 0) is 57.5 Å². The van der Waals surface area contributed by atoms with E-state index >= 15 is 0 Å². The zero-order valence-corrected chi connectivity index (χ0v) is 18.5. The Morgan fingerprint density at radius 3 is 2.31 bits per heavy atom. The van der Waals surface area contributed by atoms with Crippen molar-refractivity contribution in [1.29, 1.82) is 0 Å². The molecule has 4 aliphatic rings. The highest BCUT2D eigenvalue weighted by Gasteiger charge is 2.44. The third-order valence-electron chi connectivity index (χ3n) is 8.36. The van der Waals surface area contributed by atoms with Gasteiger partial charge < -0.3 is 14.7 Å². The van der Waals surface area contributed by atoms with Gasteiger partial charge in [-0.2, -0.15) is 0 Å². The Kier molecular flexibility index (Phi) is 6.83. The molecule has 3 heterocycles. The largest absolute Gasteiger partial charge is 0.343 e. The first-order valence-corrected chi connectivity index (χ1v) is 12.3. The fraction of sp³-hybridized carbons (Fsp3) is 0.917. The van der Waals surface area contributed by atoms with Crippen LogP contribution in [-0.4, -0.2) is 72.3 Å². The number of carbonyl (C=O) groups excluding carboxylic acids is 2. The van der Waals surface area contributed by atoms with Crippen LogP contribution in [0.25, 0.3) is 0 Å². The molecule has 5 nitrogen and oxygen atoms in total. The number of hydrogen-bond donors (Lipinski definition) is 0. The maximum Gasteiger partial charge on any atom is 0.225 e. The van der Waals surface area contributed by atoms with Crippen LogP contribution in [0.15, 0.2) is 0 Å². The minimum atomic E-state index is 0.131. The number of nitrogens with zero attached hydrogens (tertiary/aromatic N) is 3. The molecular weight excluding hydrogens is 362 g/mol. The molecule has 5 heteroatoms. The van der Waals surface area contributed by atoms with Crippen LogP contribution in [0.4, 0.5) is 0 Å². The average molecular weight is 404 g/mol. The van der Waals surface area contributed by atoms with Crippen molar-refractivity contribution in [2.24, 2.45) is 17.3 Å². The fourth-order valence-corrected chi connectivity index (χ4v) is 6.50. The molecule has 1 spiro atoms. The van der Waals surface area contributed by atoms with E-state index in [9.17, 15) is 9.59 Å². The van der Waals surface area contributed by atoms with Crippen LogP contribution < -0.4 is 0 Å². The van der Waals surface area contributed by atoms with Crippen LogP contribution in [0.2, 0.25) is 0 Å². The molecule has 0 aromatic heterocycles. The van der Waals surface area contributed by atoms with Gasteiger partial charge in [0.05, 0.1) is 0 Å². The Bertz CT molecular complexity index is 581. The molecule has 3 aliphatic heterocycles. The summed E-state index contributed by atoms with van der Waals surface area (Å²) in [5.41, 5.74) is 0.348. The van der Waals surface area contributed by atoms with Gasteiger partial charge >= 0.3 is 0 Å². The van der Waals surface area contributed by atoms with Gasteiger partial charge in [-0.1, -0.05) is 32.1 Å². The smallest absolute Gasteiger partial charge is 0.225 e. The SMILES string of the molecule is CC(=O)N1CCC(C(=O)N2CCC3(CCCN(CCC4CCCCC4)C3)C2)CC1. The molecule has 29 heavy (non-hydrogen) atoms. The normalized spacial score (nSPS) is 30.2. The van der Waals surface area contributed by atoms with Gasteiger partial charge in [-0.3, -0.25) is 9.59 Å². The van der Waals surface area contributed by atoms with Crippen molar-refractivity contribution >= 4 is 11.8 Å². The van der Waals surface area contributed by atoms with Gasteiger partial charge in [0, 0.05) is 51.0 Å². The van der Waals surface area contributed by atoms with Crippen molar-refractivity contribution in [1.82, 2.24) is 14.7 Å². The van der Waals surface area contributed by atoms with Crippen molar-refractivity contribution in [2.45, 2.75) is 77.6 Å². The Balaban J connectivity index is 1.25. The Hall–Kier alpha value is -1.10. The van der Waals surface area contributed by atoms with Gasteiger partial charge in [-0.25, -0.2) is 0 Å². The Labute approximate surface area is 177 Å². The van der Waals surface area contributed by atoms with Gasteiger partial charge in [0.2, 0.25) is 11.8 Å². The molecule has 1 saturated carbocycles. The lowest BCUT2D eigenvalue weighted by Crippen LogP contribution is -2.47. The minimum absolute atomic E-state index is 0.131. The molecule has 164 valence electrons. The van der Waals surface area contributed by atoms with Crippen LogP contribution in [0.1, 0.15) is 77.6 Å². The first kappa shape index (κ1) is 21.1. The molecule has 3 saturated heterocycles. The quantitative estimate of drug-likeness (QED) is 0.721. The maximum absolute atomic E-state index is 13.1. The Morgan fingerprint density at radius 1 is 0.828 bits per heavy atom. The van der Waals surface area contributed by atoms with Crippen molar-refractivity contribution in [3.63, 3.8) is 0 Å². The third-order valence-corrected chi connectivity index (χ3v) is 8.36. The van der Waals surface area contributed by atoms with E-state index in [2.05, 4.69) is 9.80 Å². The highest BCUT2D eigenvalue weighted by molar-refractivity contribution is 5.80. The van der Waals surface area contributed by atoms with Crippen LogP contribution in [0.3, 0.4) is 0 Å². The summed E-state index contributed by atoms with van der Waals surface area (Å²) < 4.78 is 0. The molecule has 0 aromatic rings. The molecule has 0 aromatic carbocycles.